The summed E-state index contributed by atoms with van der Waals surface area (Å²) in [6.45, 7) is 2.59. The molecule has 0 saturated carbocycles. The fraction of sp³-hybridized carbons (Fsp3) is 0.250. The Bertz CT molecular complexity index is 1280. The molecule has 3 aromatic carbocycles. The third-order valence-corrected chi connectivity index (χ3v) is 6.70. The van der Waals surface area contributed by atoms with Crippen molar-refractivity contribution in [2.24, 2.45) is 5.92 Å². The molecule has 2 heterocycles. The van der Waals surface area contributed by atoms with Crippen molar-refractivity contribution in [3.63, 3.8) is 0 Å². The number of carbonyl (C=O) groups is 1. The quantitative estimate of drug-likeness (QED) is 0.295. The van der Waals surface area contributed by atoms with Crippen LogP contribution in [0.1, 0.15) is 24.3 Å². The zero-order chi connectivity index (χ0) is 24.7. The number of aromatic nitrogens is 2. The number of halogens is 1. The van der Waals surface area contributed by atoms with E-state index in [1.54, 1.807) is 0 Å². The lowest BCUT2D eigenvalue weighted by molar-refractivity contribution is -0.121. The Kier molecular flexibility index (Phi) is 7.73. The lowest BCUT2D eigenvalue weighted by Gasteiger charge is -2.30. The van der Waals surface area contributed by atoms with Gasteiger partial charge >= 0.3 is 0 Å². The number of carbonyl (C=O) groups excluding carboxylic acids is 1. The summed E-state index contributed by atoms with van der Waals surface area (Å²) < 4.78 is 12.3. The first-order valence-electron chi connectivity index (χ1n) is 12.0. The maximum Gasteiger partial charge on any atom is 0.241 e. The minimum absolute atomic E-state index is 0.0266. The van der Waals surface area contributed by atoms with Gasteiger partial charge in [-0.05, 0) is 73.5 Å². The Morgan fingerprint density at radius 2 is 1.83 bits per heavy atom. The number of piperidine rings is 1. The number of hydrogen-bond donors (Lipinski definition) is 1. The van der Waals surface area contributed by atoms with Crippen molar-refractivity contribution in [2.75, 3.05) is 18.4 Å². The monoisotopic (exact) mass is 546 g/mol. The number of hydrogen-bond acceptors (Lipinski definition) is 6. The number of ether oxygens (including phenoxy) is 1. The van der Waals surface area contributed by atoms with Gasteiger partial charge in [0.2, 0.25) is 17.6 Å². The Hall–Kier alpha value is -3.49. The molecule has 0 radical (unpaired) electrons. The van der Waals surface area contributed by atoms with E-state index in [4.69, 9.17) is 9.26 Å². The predicted molar refractivity (Wildman–Crippen MR) is 141 cm³/mol. The van der Waals surface area contributed by atoms with Crippen LogP contribution in [0.5, 0.6) is 5.75 Å². The minimum atomic E-state index is -0.0957. The van der Waals surface area contributed by atoms with Crippen LogP contribution in [0.15, 0.2) is 87.9 Å². The van der Waals surface area contributed by atoms with Crippen molar-refractivity contribution in [3.8, 4) is 17.1 Å². The molecule has 1 saturated heterocycles. The van der Waals surface area contributed by atoms with Crippen molar-refractivity contribution in [1.82, 2.24) is 15.0 Å². The van der Waals surface area contributed by atoms with Gasteiger partial charge in [-0.3, -0.25) is 9.69 Å². The molecule has 0 bridgehead atoms. The second-order valence-electron chi connectivity index (χ2n) is 8.88. The van der Waals surface area contributed by atoms with Gasteiger partial charge in [-0.1, -0.05) is 51.4 Å². The highest BCUT2D eigenvalue weighted by atomic mass is 79.9. The molecule has 5 rings (SSSR count). The average Bonchev–Trinajstić information content (AvgIpc) is 3.38. The Morgan fingerprint density at radius 3 is 2.61 bits per heavy atom. The summed E-state index contributed by atoms with van der Waals surface area (Å²) >= 11 is 3.44. The molecule has 36 heavy (non-hydrogen) atoms. The topological polar surface area (TPSA) is 80.5 Å². The van der Waals surface area contributed by atoms with E-state index >= 15 is 0 Å². The molecule has 1 amide bonds. The largest absolute Gasteiger partial charge is 0.489 e. The summed E-state index contributed by atoms with van der Waals surface area (Å²) in [5.74, 6) is 1.82. The lowest BCUT2D eigenvalue weighted by atomic mass is 9.97. The average molecular weight is 547 g/mol. The van der Waals surface area contributed by atoms with Crippen LogP contribution >= 0.6 is 15.9 Å². The van der Waals surface area contributed by atoms with Crippen molar-refractivity contribution in [2.45, 2.75) is 26.0 Å². The molecule has 1 aromatic heterocycles. The number of rotatable bonds is 8. The second kappa shape index (κ2) is 11.5. The zero-order valence-corrected chi connectivity index (χ0v) is 21.4. The van der Waals surface area contributed by atoms with Gasteiger partial charge in [0.15, 0.2) is 0 Å². The Morgan fingerprint density at radius 1 is 1.06 bits per heavy atom. The van der Waals surface area contributed by atoms with Crippen molar-refractivity contribution in [1.29, 1.82) is 0 Å². The summed E-state index contributed by atoms with van der Waals surface area (Å²) in [6.07, 6.45) is 1.80. The van der Waals surface area contributed by atoms with Crippen LogP contribution in [0.3, 0.4) is 0 Å². The summed E-state index contributed by atoms with van der Waals surface area (Å²) in [5, 5.41) is 7.16. The summed E-state index contributed by atoms with van der Waals surface area (Å²) in [7, 11) is 0. The standard InChI is InChI=1S/C28H27BrN4O3/c29-23-10-8-21(9-11-23)27-31-26(36-32-27)18-33-16-4-7-22(17-33)28(34)30-24-12-14-25(15-13-24)35-19-20-5-2-1-3-6-20/h1-3,5-6,8-15,22H,4,7,16-19H2,(H,30,34). The number of likely N-dealkylation sites (tertiary alicyclic amines) is 1. The lowest BCUT2D eigenvalue weighted by Crippen LogP contribution is -2.40. The first-order valence-corrected chi connectivity index (χ1v) is 12.8. The molecule has 1 aliphatic rings. The molecular formula is C28H27BrN4O3. The SMILES string of the molecule is O=C(Nc1ccc(OCc2ccccc2)cc1)C1CCCN(Cc2nc(-c3ccc(Br)cc3)no2)C1. The number of benzene rings is 3. The van der Waals surface area contributed by atoms with Crippen LogP contribution in [-0.4, -0.2) is 34.0 Å². The van der Waals surface area contributed by atoms with Crippen LogP contribution in [0, 0.1) is 5.92 Å². The minimum Gasteiger partial charge on any atom is -0.489 e. The van der Waals surface area contributed by atoms with Crippen molar-refractivity contribution < 1.29 is 14.1 Å². The van der Waals surface area contributed by atoms with E-state index in [-0.39, 0.29) is 11.8 Å². The molecule has 0 aliphatic carbocycles. The highest BCUT2D eigenvalue weighted by Crippen LogP contribution is 2.23. The van der Waals surface area contributed by atoms with Crippen molar-refractivity contribution >= 4 is 27.5 Å². The van der Waals surface area contributed by atoms with E-state index in [9.17, 15) is 4.79 Å². The number of nitrogens with one attached hydrogen (secondary N) is 1. The smallest absolute Gasteiger partial charge is 0.241 e. The van der Waals surface area contributed by atoms with Crippen LogP contribution in [-0.2, 0) is 17.9 Å². The van der Waals surface area contributed by atoms with E-state index < -0.39 is 0 Å². The van der Waals surface area contributed by atoms with E-state index in [1.165, 1.54) is 0 Å². The third-order valence-electron chi connectivity index (χ3n) is 6.18. The van der Waals surface area contributed by atoms with Gasteiger partial charge < -0.3 is 14.6 Å². The first kappa shape index (κ1) is 24.2. The fourth-order valence-electron chi connectivity index (χ4n) is 4.26. The van der Waals surface area contributed by atoms with Gasteiger partial charge in [0, 0.05) is 22.3 Å². The Balaban J connectivity index is 1.12. The normalized spacial score (nSPS) is 16.0. The van der Waals surface area contributed by atoms with Gasteiger partial charge in [0.1, 0.15) is 12.4 Å². The maximum atomic E-state index is 13.0. The molecule has 8 heteroatoms. The van der Waals surface area contributed by atoms with Gasteiger partial charge in [0.05, 0.1) is 12.5 Å². The second-order valence-corrected chi connectivity index (χ2v) is 9.80. The molecule has 7 nitrogen and oxygen atoms in total. The van der Waals surface area contributed by atoms with E-state index in [0.29, 0.717) is 31.4 Å². The molecular weight excluding hydrogens is 520 g/mol. The summed E-state index contributed by atoms with van der Waals surface area (Å²) in [4.78, 5) is 19.7. The zero-order valence-electron chi connectivity index (χ0n) is 19.8. The molecule has 1 aliphatic heterocycles. The molecule has 1 N–H and O–H groups in total. The molecule has 1 fully saturated rings. The van der Waals surface area contributed by atoms with Crippen LogP contribution in [0.4, 0.5) is 5.69 Å². The van der Waals surface area contributed by atoms with Crippen LogP contribution in [0.25, 0.3) is 11.4 Å². The van der Waals surface area contributed by atoms with Gasteiger partial charge in [-0.15, -0.1) is 0 Å². The third kappa shape index (κ3) is 6.38. The first-order chi connectivity index (χ1) is 17.6. The highest BCUT2D eigenvalue weighted by Gasteiger charge is 2.27. The number of amides is 1. The fourth-order valence-corrected chi connectivity index (χ4v) is 4.52. The molecule has 1 unspecified atom stereocenters. The molecule has 184 valence electrons. The number of nitrogens with zero attached hydrogens (tertiary/aromatic N) is 3. The maximum absolute atomic E-state index is 13.0. The van der Waals surface area contributed by atoms with E-state index in [1.807, 2.05) is 78.9 Å². The van der Waals surface area contributed by atoms with E-state index in [2.05, 4.69) is 36.3 Å². The van der Waals surface area contributed by atoms with Gasteiger partial charge in [0.25, 0.3) is 0 Å². The van der Waals surface area contributed by atoms with Gasteiger partial charge in [-0.2, -0.15) is 4.98 Å². The number of anilines is 1. The van der Waals surface area contributed by atoms with E-state index in [0.717, 1.165) is 46.4 Å². The van der Waals surface area contributed by atoms with Gasteiger partial charge in [-0.25, -0.2) is 0 Å². The molecule has 4 aromatic rings. The van der Waals surface area contributed by atoms with Crippen LogP contribution < -0.4 is 10.1 Å². The summed E-state index contributed by atoms with van der Waals surface area (Å²) in [5.41, 5.74) is 2.78. The predicted octanol–water partition coefficient (Wildman–Crippen LogP) is 5.93. The van der Waals surface area contributed by atoms with Crippen molar-refractivity contribution in [3.05, 3.63) is 94.8 Å². The molecule has 1 atom stereocenters. The molecule has 0 spiro atoms. The van der Waals surface area contributed by atoms with Crippen LogP contribution in [0.2, 0.25) is 0 Å². The Labute approximate surface area is 218 Å². The summed E-state index contributed by atoms with van der Waals surface area (Å²) in [6, 6.07) is 25.3. The highest BCUT2D eigenvalue weighted by molar-refractivity contribution is 9.10.